The zero-order valence-electron chi connectivity index (χ0n) is 12.4. The second-order valence-corrected chi connectivity index (χ2v) is 8.54. The van der Waals surface area contributed by atoms with E-state index in [4.69, 9.17) is 0 Å². The van der Waals surface area contributed by atoms with E-state index >= 15 is 0 Å². The van der Waals surface area contributed by atoms with Crippen LogP contribution in [0, 0.1) is 0 Å². The standard InChI is InChI=1S/C14H20N4O3S/c19-14-13(15-5-6-18(14)11-1-2-11)16-7-9-17(10-8-16)22(20,21)12-3-4-12/h5-6,11-12H,1-4,7-10H2. The molecule has 7 nitrogen and oxygen atoms in total. The molecule has 0 aromatic carbocycles. The van der Waals surface area contributed by atoms with Gasteiger partial charge in [0.15, 0.2) is 5.82 Å². The fraction of sp³-hybridized carbons (Fsp3) is 0.714. The van der Waals surface area contributed by atoms with Crippen molar-refractivity contribution in [1.29, 1.82) is 0 Å². The van der Waals surface area contributed by atoms with E-state index in [9.17, 15) is 13.2 Å². The van der Waals surface area contributed by atoms with Crippen LogP contribution in [-0.4, -0.2) is 53.7 Å². The van der Waals surface area contributed by atoms with Gasteiger partial charge in [-0.25, -0.2) is 13.4 Å². The molecule has 0 unspecified atom stereocenters. The summed E-state index contributed by atoms with van der Waals surface area (Å²) in [5.41, 5.74) is -0.0523. The van der Waals surface area contributed by atoms with Gasteiger partial charge in [0.1, 0.15) is 0 Å². The largest absolute Gasteiger partial charge is 0.349 e. The van der Waals surface area contributed by atoms with Gasteiger partial charge in [0.25, 0.3) is 5.56 Å². The van der Waals surface area contributed by atoms with Crippen molar-refractivity contribution < 1.29 is 8.42 Å². The van der Waals surface area contributed by atoms with Crippen LogP contribution >= 0.6 is 0 Å². The van der Waals surface area contributed by atoms with Gasteiger partial charge in [-0.15, -0.1) is 0 Å². The van der Waals surface area contributed by atoms with E-state index in [1.807, 2.05) is 4.90 Å². The van der Waals surface area contributed by atoms with E-state index in [2.05, 4.69) is 4.98 Å². The summed E-state index contributed by atoms with van der Waals surface area (Å²) < 4.78 is 27.8. The number of hydrogen-bond donors (Lipinski definition) is 0. The maximum atomic E-state index is 12.5. The highest BCUT2D eigenvalue weighted by Gasteiger charge is 2.41. The van der Waals surface area contributed by atoms with Gasteiger partial charge in [-0.1, -0.05) is 0 Å². The summed E-state index contributed by atoms with van der Waals surface area (Å²) >= 11 is 0. The Hall–Kier alpha value is -1.41. The van der Waals surface area contributed by atoms with E-state index in [1.54, 1.807) is 21.3 Å². The van der Waals surface area contributed by atoms with Gasteiger partial charge in [-0.05, 0) is 25.7 Å². The Morgan fingerprint density at radius 1 is 1.05 bits per heavy atom. The zero-order valence-corrected chi connectivity index (χ0v) is 13.2. The number of sulfonamides is 1. The van der Waals surface area contributed by atoms with Crippen LogP contribution in [0.1, 0.15) is 31.7 Å². The first-order valence-corrected chi connectivity index (χ1v) is 9.39. The molecule has 3 aliphatic rings. The Morgan fingerprint density at radius 2 is 1.73 bits per heavy atom. The van der Waals surface area contributed by atoms with Crippen molar-refractivity contribution >= 4 is 15.8 Å². The summed E-state index contributed by atoms with van der Waals surface area (Å²) in [6.45, 7) is 1.95. The summed E-state index contributed by atoms with van der Waals surface area (Å²) in [5.74, 6) is 0.456. The highest BCUT2D eigenvalue weighted by atomic mass is 32.2. The molecule has 1 aromatic rings. The van der Waals surface area contributed by atoms with Crippen molar-refractivity contribution in [3.63, 3.8) is 0 Å². The Morgan fingerprint density at radius 3 is 2.32 bits per heavy atom. The summed E-state index contributed by atoms with van der Waals surface area (Å²) in [7, 11) is -3.11. The lowest BCUT2D eigenvalue weighted by atomic mass is 10.3. The van der Waals surface area contributed by atoms with Crippen LogP contribution in [0.4, 0.5) is 5.82 Å². The van der Waals surface area contributed by atoms with Crippen LogP contribution in [0.3, 0.4) is 0 Å². The number of aromatic nitrogens is 2. The molecule has 0 N–H and O–H groups in total. The summed E-state index contributed by atoms with van der Waals surface area (Å²) in [5, 5.41) is -0.166. The Bertz CT molecular complexity index is 729. The van der Waals surface area contributed by atoms with Crippen molar-refractivity contribution in [2.75, 3.05) is 31.1 Å². The molecule has 0 atom stereocenters. The Balaban J connectivity index is 1.50. The molecule has 22 heavy (non-hydrogen) atoms. The lowest BCUT2D eigenvalue weighted by Crippen LogP contribution is -2.51. The van der Waals surface area contributed by atoms with Gasteiger partial charge in [0.05, 0.1) is 5.25 Å². The fourth-order valence-electron chi connectivity index (χ4n) is 3.00. The predicted octanol–water partition coefficient (Wildman–Crippen LogP) is 0.192. The molecular weight excluding hydrogens is 304 g/mol. The topological polar surface area (TPSA) is 75.5 Å². The van der Waals surface area contributed by atoms with Gasteiger partial charge in [-0.3, -0.25) is 4.79 Å². The van der Waals surface area contributed by atoms with E-state index < -0.39 is 10.0 Å². The lowest BCUT2D eigenvalue weighted by molar-refractivity contribution is 0.382. The molecule has 0 amide bonds. The minimum Gasteiger partial charge on any atom is -0.349 e. The van der Waals surface area contributed by atoms with Crippen LogP contribution in [0.25, 0.3) is 0 Å². The third-order valence-corrected chi connectivity index (χ3v) is 7.03. The molecular formula is C14H20N4O3S. The van der Waals surface area contributed by atoms with Gasteiger partial charge >= 0.3 is 0 Å². The smallest absolute Gasteiger partial charge is 0.293 e. The molecule has 1 saturated heterocycles. The molecule has 0 radical (unpaired) electrons. The average Bonchev–Trinajstić information content (AvgIpc) is 3.40. The van der Waals surface area contributed by atoms with Crippen molar-refractivity contribution in [3.8, 4) is 0 Å². The normalized spacial score (nSPS) is 23.7. The molecule has 1 aromatic heterocycles. The molecule has 4 rings (SSSR count). The molecule has 120 valence electrons. The third kappa shape index (κ3) is 2.44. The minimum atomic E-state index is -3.11. The molecule has 2 aliphatic carbocycles. The molecule has 0 spiro atoms. The second-order valence-electron chi connectivity index (χ2n) is 6.32. The molecule has 2 saturated carbocycles. The van der Waals surface area contributed by atoms with Crippen LogP contribution in [0.5, 0.6) is 0 Å². The Kier molecular flexibility index (Phi) is 3.26. The summed E-state index contributed by atoms with van der Waals surface area (Å²) in [6, 6.07) is 0.325. The monoisotopic (exact) mass is 324 g/mol. The SMILES string of the molecule is O=c1c(N2CCN(S(=O)(=O)C3CC3)CC2)nccn1C1CC1. The maximum absolute atomic E-state index is 12.5. The highest BCUT2D eigenvalue weighted by Crippen LogP contribution is 2.34. The molecule has 0 bridgehead atoms. The molecule has 1 aliphatic heterocycles. The Labute approximate surface area is 129 Å². The minimum absolute atomic E-state index is 0.0523. The van der Waals surface area contributed by atoms with Gasteiger partial charge in [-0.2, -0.15) is 4.31 Å². The van der Waals surface area contributed by atoms with E-state index in [0.717, 1.165) is 25.7 Å². The predicted molar refractivity (Wildman–Crippen MR) is 82.5 cm³/mol. The number of nitrogens with zero attached hydrogens (tertiary/aromatic N) is 4. The quantitative estimate of drug-likeness (QED) is 0.790. The average molecular weight is 324 g/mol. The van der Waals surface area contributed by atoms with Crippen LogP contribution in [-0.2, 0) is 10.0 Å². The molecule has 2 heterocycles. The van der Waals surface area contributed by atoms with Crippen molar-refractivity contribution in [2.24, 2.45) is 0 Å². The first kappa shape index (κ1) is 14.2. The lowest BCUT2D eigenvalue weighted by Gasteiger charge is -2.34. The number of rotatable bonds is 4. The summed E-state index contributed by atoms with van der Waals surface area (Å²) in [4.78, 5) is 18.6. The van der Waals surface area contributed by atoms with E-state index in [1.165, 1.54) is 0 Å². The first-order chi connectivity index (χ1) is 10.6. The van der Waals surface area contributed by atoms with E-state index in [0.29, 0.717) is 38.0 Å². The van der Waals surface area contributed by atoms with Crippen LogP contribution in [0.2, 0.25) is 0 Å². The zero-order chi connectivity index (χ0) is 15.3. The van der Waals surface area contributed by atoms with Crippen LogP contribution < -0.4 is 10.5 Å². The molecule has 3 fully saturated rings. The van der Waals surface area contributed by atoms with Crippen molar-refractivity contribution in [2.45, 2.75) is 37.0 Å². The number of piperazine rings is 1. The van der Waals surface area contributed by atoms with Gasteiger partial charge in [0, 0.05) is 44.6 Å². The first-order valence-electron chi connectivity index (χ1n) is 7.88. The maximum Gasteiger partial charge on any atom is 0.293 e. The fourth-order valence-corrected chi connectivity index (χ4v) is 4.83. The summed E-state index contributed by atoms with van der Waals surface area (Å²) in [6.07, 6.45) is 7.09. The van der Waals surface area contributed by atoms with Crippen LogP contribution in [0.15, 0.2) is 17.2 Å². The van der Waals surface area contributed by atoms with Crippen molar-refractivity contribution in [3.05, 3.63) is 22.7 Å². The number of anilines is 1. The van der Waals surface area contributed by atoms with Crippen molar-refractivity contribution in [1.82, 2.24) is 13.9 Å². The van der Waals surface area contributed by atoms with Gasteiger partial charge in [0.2, 0.25) is 10.0 Å². The van der Waals surface area contributed by atoms with Gasteiger partial charge < -0.3 is 9.47 Å². The van der Waals surface area contributed by atoms with E-state index in [-0.39, 0.29) is 10.8 Å². The number of hydrogen-bond acceptors (Lipinski definition) is 5. The highest BCUT2D eigenvalue weighted by molar-refractivity contribution is 7.90. The second kappa shape index (κ2) is 5.06. The molecule has 8 heteroatoms. The third-order valence-electron chi connectivity index (χ3n) is 4.63.